The van der Waals surface area contributed by atoms with Crippen LogP contribution in [0.4, 0.5) is 0 Å². The van der Waals surface area contributed by atoms with Gasteiger partial charge in [-0.2, -0.15) is 0 Å². The van der Waals surface area contributed by atoms with Crippen LogP contribution in [0.25, 0.3) is 0 Å². The van der Waals surface area contributed by atoms with Crippen LogP contribution in [0.15, 0.2) is 61.2 Å². The van der Waals surface area contributed by atoms with Crippen LogP contribution in [-0.2, 0) is 5.41 Å². The van der Waals surface area contributed by atoms with E-state index in [1.165, 1.54) is 12.1 Å². The molecule has 0 radical (unpaired) electrons. The lowest BCUT2D eigenvalue weighted by Crippen LogP contribution is -2.13. The topological polar surface area (TPSA) is 37.3 Å². The highest BCUT2D eigenvalue weighted by Gasteiger charge is 2.16. The van der Waals surface area contributed by atoms with Crippen molar-refractivity contribution in [3.63, 3.8) is 0 Å². The Morgan fingerprint density at radius 2 is 1.45 bits per heavy atom. The van der Waals surface area contributed by atoms with Gasteiger partial charge in [-0.05, 0) is 29.8 Å². The minimum absolute atomic E-state index is 0.0482. The van der Waals surface area contributed by atoms with Crippen molar-refractivity contribution < 1.29 is 9.90 Å². The number of benzene rings is 2. The van der Waals surface area contributed by atoms with Crippen molar-refractivity contribution in [2.75, 3.05) is 0 Å². The van der Waals surface area contributed by atoms with Crippen LogP contribution in [-0.4, -0.2) is 10.9 Å². The predicted octanol–water partition coefficient (Wildman–Crippen LogP) is 4.09. The average Bonchev–Trinajstić information content (AvgIpc) is 2.47. The second-order valence-corrected chi connectivity index (χ2v) is 5.38. The summed E-state index contributed by atoms with van der Waals surface area (Å²) in [5.74, 6) is 0.109. The number of hydrogen-bond acceptors (Lipinski definition) is 2. The summed E-state index contributed by atoms with van der Waals surface area (Å²) in [6, 6.07) is 13.8. The SMILES string of the molecule is C=CC(C)(C)c1ccc(C(=O)c2ccc(O)cc2)cc1. The zero-order chi connectivity index (χ0) is 14.8. The average molecular weight is 266 g/mol. The zero-order valence-corrected chi connectivity index (χ0v) is 11.8. The number of carbonyl (C=O) groups is 1. The van der Waals surface area contributed by atoms with Crippen molar-refractivity contribution in [2.24, 2.45) is 0 Å². The number of rotatable bonds is 4. The van der Waals surface area contributed by atoms with E-state index >= 15 is 0 Å². The molecule has 0 unspecified atom stereocenters. The fraction of sp³-hybridized carbons (Fsp3) is 0.167. The molecule has 0 aromatic heterocycles. The molecule has 2 nitrogen and oxygen atoms in total. The summed E-state index contributed by atoms with van der Waals surface area (Å²) < 4.78 is 0. The van der Waals surface area contributed by atoms with Crippen molar-refractivity contribution in [3.8, 4) is 5.75 Å². The van der Waals surface area contributed by atoms with Crippen molar-refractivity contribution in [3.05, 3.63) is 77.9 Å². The number of phenols is 1. The van der Waals surface area contributed by atoms with Crippen LogP contribution >= 0.6 is 0 Å². The highest BCUT2D eigenvalue weighted by atomic mass is 16.3. The van der Waals surface area contributed by atoms with E-state index in [2.05, 4.69) is 20.4 Å². The molecule has 0 bridgehead atoms. The van der Waals surface area contributed by atoms with Crippen molar-refractivity contribution in [1.82, 2.24) is 0 Å². The Balaban J connectivity index is 2.28. The molecular weight excluding hydrogens is 248 g/mol. The number of aromatic hydroxyl groups is 1. The van der Waals surface area contributed by atoms with Gasteiger partial charge in [0.1, 0.15) is 5.75 Å². The molecule has 0 aliphatic heterocycles. The molecule has 102 valence electrons. The Hall–Kier alpha value is -2.35. The van der Waals surface area contributed by atoms with Crippen LogP contribution in [0.2, 0.25) is 0 Å². The number of allylic oxidation sites excluding steroid dienone is 1. The third-order valence-electron chi connectivity index (χ3n) is 3.53. The van der Waals surface area contributed by atoms with Crippen LogP contribution < -0.4 is 0 Å². The Bertz CT molecular complexity index is 619. The maximum absolute atomic E-state index is 12.3. The third kappa shape index (κ3) is 2.80. The second-order valence-electron chi connectivity index (χ2n) is 5.38. The predicted molar refractivity (Wildman–Crippen MR) is 81.2 cm³/mol. The molecule has 0 atom stereocenters. The molecular formula is C18H18O2. The van der Waals surface area contributed by atoms with E-state index in [0.29, 0.717) is 11.1 Å². The summed E-state index contributed by atoms with van der Waals surface area (Å²) in [7, 11) is 0. The van der Waals surface area contributed by atoms with E-state index in [1.807, 2.05) is 30.3 Å². The molecule has 2 heteroatoms. The molecule has 2 aromatic carbocycles. The van der Waals surface area contributed by atoms with Crippen LogP contribution in [0.3, 0.4) is 0 Å². The van der Waals surface area contributed by atoms with Gasteiger partial charge in [-0.1, -0.05) is 44.2 Å². The van der Waals surface area contributed by atoms with Gasteiger partial charge in [0.25, 0.3) is 0 Å². The van der Waals surface area contributed by atoms with Crippen LogP contribution in [0.5, 0.6) is 5.75 Å². The molecule has 0 saturated heterocycles. The standard InChI is InChI=1S/C18H18O2/c1-4-18(2,3)15-9-5-13(6-10-15)17(20)14-7-11-16(19)12-8-14/h4-12,19H,1H2,2-3H3. The number of hydrogen-bond donors (Lipinski definition) is 1. The highest BCUT2D eigenvalue weighted by molar-refractivity contribution is 6.09. The summed E-state index contributed by atoms with van der Waals surface area (Å²) in [6.07, 6.45) is 1.89. The Labute approximate surface area is 119 Å². The maximum Gasteiger partial charge on any atom is 0.193 e. The van der Waals surface area contributed by atoms with Gasteiger partial charge in [-0.25, -0.2) is 0 Å². The van der Waals surface area contributed by atoms with Gasteiger partial charge in [0, 0.05) is 16.5 Å². The van der Waals surface area contributed by atoms with Crippen LogP contribution in [0.1, 0.15) is 35.3 Å². The van der Waals surface area contributed by atoms with Crippen molar-refractivity contribution in [1.29, 1.82) is 0 Å². The zero-order valence-electron chi connectivity index (χ0n) is 11.8. The quantitative estimate of drug-likeness (QED) is 0.668. The van der Waals surface area contributed by atoms with Crippen molar-refractivity contribution >= 4 is 5.78 Å². The van der Waals surface area contributed by atoms with E-state index in [9.17, 15) is 9.90 Å². The Morgan fingerprint density at radius 3 is 1.90 bits per heavy atom. The lowest BCUT2D eigenvalue weighted by Gasteiger charge is -2.20. The molecule has 2 rings (SSSR count). The molecule has 1 N–H and O–H groups in total. The molecule has 0 amide bonds. The molecule has 0 spiro atoms. The number of phenolic OH excluding ortho intramolecular Hbond substituents is 1. The van der Waals surface area contributed by atoms with Gasteiger partial charge in [0.05, 0.1) is 0 Å². The second kappa shape index (κ2) is 5.33. The first-order valence-corrected chi connectivity index (χ1v) is 6.52. The highest BCUT2D eigenvalue weighted by Crippen LogP contribution is 2.25. The molecule has 0 heterocycles. The fourth-order valence-electron chi connectivity index (χ4n) is 1.95. The molecule has 2 aromatic rings. The Kier molecular flexibility index (Phi) is 3.75. The van der Waals surface area contributed by atoms with E-state index < -0.39 is 0 Å². The van der Waals surface area contributed by atoms with Crippen LogP contribution in [0, 0.1) is 0 Å². The summed E-state index contributed by atoms with van der Waals surface area (Å²) >= 11 is 0. The molecule has 0 aliphatic carbocycles. The van der Waals surface area contributed by atoms with Gasteiger partial charge in [-0.15, -0.1) is 6.58 Å². The monoisotopic (exact) mass is 266 g/mol. The van der Waals surface area contributed by atoms with Crippen molar-refractivity contribution in [2.45, 2.75) is 19.3 Å². The smallest absolute Gasteiger partial charge is 0.193 e. The van der Waals surface area contributed by atoms with Gasteiger partial charge in [0.2, 0.25) is 0 Å². The summed E-state index contributed by atoms with van der Waals surface area (Å²) in [5, 5.41) is 9.24. The van der Waals surface area contributed by atoms with E-state index in [1.54, 1.807) is 12.1 Å². The summed E-state index contributed by atoms with van der Waals surface area (Å²) in [4.78, 5) is 12.3. The van der Waals surface area contributed by atoms with E-state index in [4.69, 9.17) is 0 Å². The lowest BCUT2D eigenvalue weighted by molar-refractivity contribution is 0.103. The normalized spacial score (nSPS) is 11.1. The van der Waals surface area contributed by atoms with Gasteiger partial charge < -0.3 is 5.11 Å². The number of carbonyl (C=O) groups excluding carboxylic acids is 1. The first kappa shape index (κ1) is 14.1. The first-order chi connectivity index (χ1) is 9.44. The molecule has 0 aliphatic rings. The first-order valence-electron chi connectivity index (χ1n) is 6.52. The minimum atomic E-state index is -0.111. The molecule has 0 saturated carbocycles. The van der Waals surface area contributed by atoms with Gasteiger partial charge in [-0.3, -0.25) is 4.79 Å². The maximum atomic E-state index is 12.3. The van der Waals surface area contributed by atoms with E-state index in [-0.39, 0.29) is 16.9 Å². The largest absolute Gasteiger partial charge is 0.508 e. The summed E-state index contributed by atoms with van der Waals surface area (Å²) in [5.41, 5.74) is 2.22. The Morgan fingerprint density at radius 1 is 1.00 bits per heavy atom. The molecule has 20 heavy (non-hydrogen) atoms. The number of ketones is 1. The third-order valence-corrected chi connectivity index (χ3v) is 3.53. The van der Waals surface area contributed by atoms with Gasteiger partial charge >= 0.3 is 0 Å². The van der Waals surface area contributed by atoms with Gasteiger partial charge in [0.15, 0.2) is 5.78 Å². The minimum Gasteiger partial charge on any atom is -0.508 e. The van der Waals surface area contributed by atoms with E-state index in [0.717, 1.165) is 5.56 Å². The summed E-state index contributed by atoms with van der Waals surface area (Å²) in [6.45, 7) is 7.99. The lowest BCUT2D eigenvalue weighted by atomic mass is 9.84. The fourth-order valence-corrected chi connectivity index (χ4v) is 1.95. The molecule has 0 fully saturated rings.